The summed E-state index contributed by atoms with van der Waals surface area (Å²) >= 11 is 0. The van der Waals surface area contributed by atoms with Crippen LogP contribution in [0.4, 0.5) is 13.2 Å². The van der Waals surface area contributed by atoms with Crippen molar-refractivity contribution in [1.82, 2.24) is 0 Å². The largest absolute Gasteiger partial charge is 0.481 e. The zero-order valence-electron chi connectivity index (χ0n) is 7.38. The third-order valence-corrected chi connectivity index (χ3v) is 2.28. The SMILES string of the molecule is O=C(O)C1CCOCC1CC(F)(F)F. The number of hydrogen-bond acceptors (Lipinski definition) is 2. The monoisotopic (exact) mass is 212 g/mol. The molecule has 0 aromatic carbocycles. The van der Waals surface area contributed by atoms with Crippen LogP contribution < -0.4 is 0 Å². The van der Waals surface area contributed by atoms with Crippen LogP contribution in [0, 0.1) is 11.8 Å². The van der Waals surface area contributed by atoms with Gasteiger partial charge in [0.1, 0.15) is 0 Å². The molecular weight excluding hydrogens is 201 g/mol. The quantitative estimate of drug-likeness (QED) is 0.757. The molecule has 0 aromatic heterocycles. The van der Waals surface area contributed by atoms with E-state index in [0.29, 0.717) is 0 Å². The van der Waals surface area contributed by atoms with Crippen LogP contribution in [0.2, 0.25) is 0 Å². The maximum absolute atomic E-state index is 12.0. The summed E-state index contributed by atoms with van der Waals surface area (Å²) < 4.78 is 40.9. The highest BCUT2D eigenvalue weighted by Crippen LogP contribution is 2.33. The van der Waals surface area contributed by atoms with E-state index >= 15 is 0 Å². The minimum absolute atomic E-state index is 0.115. The molecule has 1 saturated heterocycles. The van der Waals surface area contributed by atoms with Crippen LogP contribution in [0.25, 0.3) is 0 Å². The highest BCUT2D eigenvalue weighted by molar-refractivity contribution is 5.70. The molecule has 3 nitrogen and oxygen atoms in total. The van der Waals surface area contributed by atoms with Crippen LogP contribution >= 0.6 is 0 Å². The van der Waals surface area contributed by atoms with Gasteiger partial charge in [-0.25, -0.2) is 0 Å². The van der Waals surface area contributed by atoms with Crippen LogP contribution in [0.5, 0.6) is 0 Å². The Morgan fingerprint density at radius 2 is 2.14 bits per heavy atom. The van der Waals surface area contributed by atoms with Gasteiger partial charge in [-0.2, -0.15) is 13.2 Å². The van der Waals surface area contributed by atoms with Crippen LogP contribution in [0.15, 0.2) is 0 Å². The maximum atomic E-state index is 12.0. The Kier molecular flexibility index (Phi) is 3.36. The van der Waals surface area contributed by atoms with E-state index in [4.69, 9.17) is 9.84 Å². The Bertz CT molecular complexity index is 214. The van der Waals surface area contributed by atoms with E-state index in [0.717, 1.165) is 0 Å². The van der Waals surface area contributed by atoms with E-state index in [9.17, 15) is 18.0 Å². The van der Waals surface area contributed by atoms with Gasteiger partial charge in [-0.15, -0.1) is 0 Å². The first-order valence-electron chi connectivity index (χ1n) is 4.27. The second kappa shape index (κ2) is 4.16. The molecule has 1 N–H and O–H groups in total. The Hall–Kier alpha value is -0.780. The number of rotatable bonds is 2. The van der Waals surface area contributed by atoms with Crippen LogP contribution in [0.3, 0.4) is 0 Å². The molecule has 0 aliphatic carbocycles. The molecule has 2 unspecified atom stereocenters. The molecule has 1 rings (SSSR count). The smallest absolute Gasteiger partial charge is 0.389 e. The van der Waals surface area contributed by atoms with Gasteiger partial charge < -0.3 is 9.84 Å². The Labute approximate surface area is 78.9 Å². The normalized spacial score (nSPS) is 28.8. The zero-order chi connectivity index (χ0) is 10.8. The summed E-state index contributed by atoms with van der Waals surface area (Å²) in [6.07, 6.45) is -5.24. The number of carboxylic acid groups (broad SMARTS) is 1. The van der Waals surface area contributed by atoms with E-state index < -0.39 is 30.4 Å². The first kappa shape index (κ1) is 11.3. The molecule has 1 aliphatic rings. The third kappa shape index (κ3) is 3.17. The lowest BCUT2D eigenvalue weighted by molar-refractivity contribution is -0.169. The second-order valence-corrected chi connectivity index (χ2v) is 3.39. The van der Waals surface area contributed by atoms with E-state index in [1.807, 2.05) is 0 Å². The molecule has 0 bridgehead atoms. The lowest BCUT2D eigenvalue weighted by Gasteiger charge is -2.29. The van der Waals surface area contributed by atoms with Gasteiger partial charge in [0.25, 0.3) is 0 Å². The highest BCUT2D eigenvalue weighted by Gasteiger charge is 2.40. The van der Waals surface area contributed by atoms with Crippen LogP contribution in [0.1, 0.15) is 12.8 Å². The fourth-order valence-electron chi connectivity index (χ4n) is 1.62. The summed E-state index contributed by atoms with van der Waals surface area (Å²) in [4.78, 5) is 10.6. The molecule has 0 saturated carbocycles. The van der Waals surface area contributed by atoms with E-state index in [2.05, 4.69) is 0 Å². The summed E-state index contributed by atoms with van der Waals surface area (Å²) in [6, 6.07) is 0. The van der Waals surface area contributed by atoms with Crippen molar-refractivity contribution in [2.75, 3.05) is 13.2 Å². The van der Waals surface area contributed by atoms with Gasteiger partial charge in [0.15, 0.2) is 0 Å². The molecule has 0 spiro atoms. The van der Waals surface area contributed by atoms with Gasteiger partial charge in [-0.3, -0.25) is 4.79 Å². The molecule has 0 amide bonds. The number of carboxylic acids is 1. The number of ether oxygens (including phenoxy) is 1. The first-order chi connectivity index (χ1) is 6.40. The highest BCUT2D eigenvalue weighted by atomic mass is 19.4. The molecule has 14 heavy (non-hydrogen) atoms. The van der Waals surface area contributed by atoms with Gasteiger partial charge in [0.2, 0.25) is 0 Å². The topological polar surface area (TPSA) is 46.5 Å². The lowest BCUT2D eigenvalue weighted by Crippen LogP contribution is -2.35. The summed E-state index contributed by atoms with van der Waals surface area (Å²) in [5.74, 6) is -3.03. The van der Waals surface area contributed by atoms with Crippen molar-refractivity contribution < 1.29 is 27.8 Å². The minimum Gasteiger partial charge on any atom is -0.481 e. The summed E-state index contributed by atoms with van der Waals surface area (Å²) in [7, 11) is 0. The predicted octanol–water partition coefficient (Wildman–Crippen LogP) is 1.68. The molecule has 1 fully saturated rings. The van der Waals surface area contributed by atoms with Crippen molar-refractivity contribution >= 4 is 5.97 Å². The average molecular weight is 212 g/mol. The van der Waals surface area contributed by atoms with Crippen molar-refractivity contribution in [3.63, 3.8) is 0 Å². The fraction of sp³-hybridized carbons (Fsp3) is 0.875. The summed E-state index contributed by atoms with van der Waals surface area (Å²) in [5, 5.41) is 8.68. The van der Waals surface area contributed by atoms with Crippen molar-refractivity contribution in [3.8, 4) is 0 Å². The predicted molar refractivity (Wildman–Crippen MR) is 40.7 cm³/mol. The Balaban J connectivity index is 2.59. The zero-order valence-corrected chi connectivity index (χ0v) is 7.38. The number of alkyl halides is 3. The van der Waals surface area contributed by atoms with Gasteiger partial charge in [-0.1, -0.05) is 0 Å². The van der Waals surface area contributed by atoms with Crippen molar-refractivity contribution in [2.24, 2.45) is 11.8 Å². The molecule has 0 aromatic rings. The Morgan fingerprint density at radius 1 is 1.50 bits per heavy atom. The average Bonchev–Trinajstić information content (AvgIpc) is 2.01. The molecule has 82 valence electrons. The number of aliphatic carboxylic acids is 1. The second-order valence-electron chi connectivity index (χ2n) is 3.39. The van der Waals surface area contributed by atoms with Gasteiger partial charge in [0, 0.05) is 18.9 Å². The summed E-state index contributed by atoms with van der Waals surface area (Å²) in [5.41, 5.74) is 0. The van der Waals surface area contributed by atoms with Crippen LogP contribution in [-0.2, 0) is 9.53 Å². The molecule has 0 radical (unpaired) electrons. The van der Waals surface area contributed by atoms with E-state index in [-0.39, 0.29) is 19.6 Å². The first-order valence-corrected chi connectivity index (χ1v) is 4.27. The lowest BCUT2D eigenvalue weighted by atomic mass is 9.86. The minimum atomic E-state index is -4.32. The standard InChI is InChI=1S/C8H11F3O3/c9-8(10,11)3-5-4-14-2-1-6(5)7(12)13/h5-6H,1-4H2,(H,12,13). The van der Waals surface area contributed by atoms with E-state index in [1.165, 1.54) is 0 Å². The maximum Gasteiger partial charge on any atom is 0.389 e. The number of hydrogen-bond donors (Lipinski definition) is 1. The van der Waals surface area contributed by atoms with E-state index in [1.54, 1.807) is 0 Å². The van der Waals surface area contributed by atoms with Crippen molar-refractivity contribution in [2.45, 2.75) is 19.0 Å². The fourth-order valence-corrected chi connectivity index (χ4v) is 1.62. The summed E-state index contributed by atoms with van der Waals surface area (Å²) in [6.45, 7) is 0.113. The number of carbonyl (C=O) groups is 1. The molecule has 1 heterocycles. The molecule has 2 atom stereocenters. The molecule has 6 heteroatoms. The van der Waals surface area contributed by atoms with Crippen LogP contribution in [-0.4, -0.2) is 30.5 Å². The van der Waals surface area contributed by atoms with Gasteiger partial charge in [0.05, 0.1) is 12.5 Å². The third-order valence-electron chi connectivity index (χ3n) is 2.28. The van der Waals surface area contributed by atoms with Gasteiger partial charge >= 0.3 is 12.1 Å². The van der Waals surface area contributed by atoms with Gasteiger partial charge in [-0.05, 0) is 6.42 Å². The van der Waals surface area contributed by atoms with Crippen molar-refractivity contribution in [1.29, 1.82) is 0 Å². The molecule has 1 aliphatic heterocycles. The van der Waals surface area contributed by atoms with Crippen molar-refractivity contribution in [3.05, 3.63) is 0 Å². The Morgan fingerprint density at radius 3 is 2.64 bits per heavy atom. The number of halogens is 3. The molecular formula is C8H11F3O3.